The minimum atomic E-state index is -0.163. The Balaban J connectivity index is 1.74. The lowest BCUT2D eigenvalue weighted by Gasteiger charge is -2.35. The van der Waals surface area contributed by atoms with Crippen LogP contribution >= 0.6 is 0 Å². The van der Waals surface area contributed by atoms with Crippen LogP contribution in [0.5, 0.6) is 5.75 Å². The molecule has 0 bridgehead atoms. The maximum Gasteiger partial charge on any atom is 0.122 e. The van der Waals surface area contributed by atoms with Gasteiger partial charge in [0.15, 0.2) is 0 Å². The fourth-order valence-corrected chi connectivity index (χ4v) is 2.92. The van der Waals surface area contributed by atoms with E-state index in [0.717, 1.165) is 38.2 Å². The van der Waals surface area contributed by atoms with E-state index < -0.39 is 0 Å². The Kier molecular flexibility index (Phi) is 2.81. The summed E-state index contributed by atoms with van der Waals surface area (Å²) in [7, 11) is 0. The second-order valence-electron chi connectivity index (χ2n) is 5.27. The maximum absolute atomic E-state index is 6.42. The van der Waals surface area contributed by atoms with E-state index in [0.29, 0.717) is 12.5 Å². The van der Waals surface area contributed by atoms with E-state index in [-0.39, 0.29) is 5.54 Å². The summed E-state index contributed by atoms with van der Waals surface area (Å²) >= 11 is 0. The summed E-state index contributed by atoms with van der Waals surface area (Å²) in [6.07, 6.45) is 3.10. The summed E-state index contributed by atoms with van der Waals surface area (Å²) in [5, 5.41) is 0. The predicted molar refractivity (Wildman–Crippen MR) is 66.3 cm³/mol. The third-order valence-electron chi connectivity index (χ3n) is 3.80. The molecule has 0 aliphatic carbocycles. The summed E-state index contributed by atoms with van der Waals surface area (Å²) in [6.45, 7) is 2.31. The molecule has 2 atom stereocenters. The van der Waals surface area contributed by atoms with Crippen LogP contribution in [0.1, 0.15) is 30.7 Å². The second-order valence-corrected chi connectivity index (χ2v) is 5.27. The van der Waals surface area contributed by atoms with Crippen LogP contribution in [0.3, 0.4) is 0 Å². The van der Waals surface area contributed by atoms with Crippen LogP contribution < -0.4 is 10.5 Å². The van der Waals surface area contributed by atoms with Gasteiger partial charge in [0.05, 0.1) is 13.2 Å². The van der Waals surface area contributed by atoms with E-state index in [4.69, 9.17) is 15.2 Å². The fourth-order valence-electron chi connectivity index (χ4n) is 2.92. The van der Waals surface area contributed by atoms with Gasteiger partial charge in [0.25, 0.3) is 0 Å². The molecule has 3 rings (SSSR count). The van der Waals surface area contributed by atoms with Crippen molar-refractivity contribution in [2.75, 3.05) is 19.8 Å². The average molecular weight is 233 g/mol. The Hall–Kier alpha value is -1.06. The molecule has 2 N–H and O–H groups in total. The van der Waals surface area contributed by atoms with Crippen LogP contribution in [0, 0.1) is 0 Å². The van der Waals surface area contributed by atoms with Gasteiger partial charge in [0, 0.05) is 23.6 Å². The molecule has 2 aliphatic heterocycles. The van der Waals surface area contributed by atoms with Crippen LogP contribution in [-0.4, -0.2) is 25.4 Å². The van der Waals surface area contributed by atoms with Crippen LogP contribution in [0.25, 0.3) is 0 Å². The van der Waals surface area contributed by atoms with Crippen molar-refractivity contribution in [1.29, 1.82) is 0 Å². The van der Waals surface area contributed by atoms with E-state index in [9.17, 15) is 0 Å². The third-order valence-corrected chi connectivity index (χ3v) is 3.80. The van der Waals surface area contributed by atoms with Crippen molar-refractivity contribution in [1.82, 2.24) is 0 Å². The van der Waals surface area contributed by atoms with Gasteiger partial charge in [-0.3, -0.25) is 0 Å². The number of ether oxygens (including phenoxy) is 2. The first kappa shape index (κ1) is 11.1. The summed E-state index contributed by atoms with van der Waals surface area (Å²) < 4.78 is 11.2. The number of rotatable bonds is 2. The first-order valence-corrected chi connectivity index (χ1v) is 6.35. The minimum absolute atomic E-state index is 0.163. The maximum atomic E-state index is 6.42. The Morgan fingerprint density at radius 1 is 1.35 bits per heavy atom. The van der Waals surface area contributed by atoms with Crippen LogP contribution in [0.4, 0.5) is 0 Å². The SMILES string of the molecule is NC1(CC2COc3ccccc32)CCCOC1. The first-order valence-electron chi connectivity index (χ1n) is 6.35. The fraction of sp³-hybridized carbons (Fsp3) is 0.571. The van der Waals surface area contributed by atoms with Gasteiger partial charge in [-0.15, -0.1) is 0 Å². The summed E-state index contributed by atoms with van der Waals surface area (Å²) in [6, 6.07) is 8.28. The number of hydrogen-bond donors (Lipinski definition) is 1. The molecular formula is C14H19NO2. The molecule has 0 radical (unpaired) electrons. The van der Waals surface area contributed by atoms with Crippen LogP contribution in [0.2, 0.25) is 0 Å². The Morgan fingerprint density at radius 3 is 3.06 bits per heavy atom. The minimum Gasteiger partial charge on any atom is -0.493 e. The molecule has 17 heavy (non-hydrogen) atoms. The number of hydrogen-bond acceptors (Lipinski definition) is 3. The lowest BCUT2D eigenvalue weighted by Crippen LogP contribution is -2.48. The highest BCUT2D eigenvalue weighted by atomic mass is 16.5. The summed E-state index contributed by atoms with van der Waals surface area (Å²) in [5.74, 6) is 1.45. The van der Waals surface area contributed by atoms with Crippen molar-refractivity contribution < 1.29 is 9.47 Å². The molecule has 2 unspecified atom stereocenters. The van der Waals surface area contributed by atoms with E-state index in [1.54, 1.807) is 0 Å². The van der Waals surface area contributed by atoms with Gasteiger partial charge in [-0.25, -0.2) is 0 Å². The molecule has 1 saturated heterocycles. The monoisotopic (exact) mass is 233 g/mol. The van der Waals surface area contributed by atoms with Gasteiger partial charge in [-0.2, -0.15) is 0 Å². The van der Waals surface area contributed by atoms with Crippen molar-refractivity contribution in [2.24, 2.45) is 5.73 Å². The zero-order chi connectivity index (χ0) is 11.7. The van der Waals surface area contributed by atoms with Crippen molar-refractivity contribution >= 4 is 0 Å². The molecule has 1 aromatic rings. The second kappa shape index (κ2) is 4.31. The van der Waals surface area contributed by atoms with Crippen molar-refractivity contribution in [3.63, 3.8) is 0 Å². The summed E-state index contributed by atoms with van der Waals surface area (Å²) in [5.41, 5.74) is 7.56. The molecule has 2 heterocycles. The molecule has 1 aromatic carbocycles. The molecule has 3 heteroatoms. The van der Waals surface area contributed by atoms with E-state index in [1.807, 2.05) is 12.1 Å². The topological polar surface area (TPSA) is 44.5 Å². The Bertz CT molecular complexity index is 399. The molecular weight excluding hydrogens is 214 g/mol. The van der Waals surface area contributed by atoms with Crippen LogP contribution in [-0.2, 0) is 4.74 Å². The summed E-state index contributed by atoms with van der Waals surface area (Å²) in [4.78, 5) is 0. The molecule has 1 fully saturated rings. The van der Waals surface area contributed by atoms with E-state index in [1.165, 1.54) is 5.56 Å². The Morgan fingerprint density at radius 2 is 2.24 bits per heavy atom. The standard InChI is InChI=1S/C14H19NO2/c15-14(6-3-7-16-10-14)8-11-9-17-13-5-2-1-4-12(11)13/h1-2,4-5,11H,3,6-10,15H2. The molecule has 3 nitrogen and oxygen atoms in total. The number of nitrogens with two attached hydrogens (primary N) is 1. The highest BCUT2D eigenvalue weighted by molar-refractivity contribution is 5.39. The van der Waals surface area contributed by atoms with Crippen LogP contribution in [0.15, 0.2) is 24.3 Å². The zero-order valence-corrected chi connectivity index (χ0v) is 10.0. The average Bonchev–Trinajstić information content (AvgIpc) is 2.73. The molecule has 0 amide bonds. The lowest BCUT2D eigenvalue weighted by molar-refractivity contribution is 0.0305. The molecule has 92 valence electrons. The molecule has 0 spiro atoms. The Labute approximate surface area is 102 Å². The zero-order valence-electron chi connectivity index (χ0n) is 10.0. The molecule has 0 aromatic heterocycles. The molecule has 2 aliphatic rings. The highest BCUT2D eigenvalue weighted by Gasteiger charge is 2.35. The largest absolute Gasteiger partial charge is 0.493 e. The number of fused-ring (bicyclic) bond motifs is 1. The third kappa shape index (κ3) is 2.17. The van der Waals surface area contributed by atoms with Gasteiger partial charge >= 0.3 is 0 Å². The van der Waals surface area contributed by atoms with Gasteiger partial charge in [0.2, 0.25) is 0 Å². The van der Waals surface area contributed by atoms with E-state index >= 15 is 0 Å². The number of benzene rings is 1. The van der Waals surface area contributed by atoms with Gasteiger partial charge in [-0.05, 0) is 25.3 Å². The van der Waals surface area contributed by atoms with E-state index in [2.05, 4.69) is 12.1 Å². The van der Waals surface area contributed by atoms with Gasteiger partial charge in [-0.1, -0.05) is 18.2 Å². The quantitative estimate of drug-likeness (QED) is 0.850. The van der Waals surface area contributed by atoms with Crippen molar-refractivity contribution in [2.45, 2.75) is 30.7 Å². The lowest BCUT2D eigenvalue weighted by atomic mass is 9.82. The van der Waals surface area contributed by atoms with Gasteiger partial charge in [0.1, 0.15) is 5.75 Å². The molecule has 0 saturated carbocycles. The number of para-hydroxylation sites is 1. The van der Waals surface area contributed by atoms with Gasteiger partial charge < -0.3 is 15.2 Å². The van der Waals surface area contributed by atoms with Crippen molar-refractivity contribution in [3.8, 4) is 5.75 Å². The first-order chi connectivity index (χ1) is 8.27. The predicted octanol–water partition coefficient (Wildman–Crippen LogP) is 2.06. The van der Waals surface area contributed by atoms with Crippen molar-refractivity contribution in [3.05, 3.63) is 29.8 Å². The highest BCUT2D eigenvalue weighted by Crippen LogP contribution is 2.39. The smallest absolute Gasteiger partial charge is 0.122 e. The normalized spacial score (nSPS) is 31.9.